The Hall–Kier alpha value is -3.37. The Kier molecular flexibility index (Phi) is 7.39. The van der Waals surface area contributed by atoms with Crippen LogP contribution in [0.1, 0.15) is 26.5 Å². The Bertz CT molecular complexity index is 1180. The molecule has 1 amide bonds. The van der Waals surface area contributed by atoms with Gasteiger partial charge in [-0.05, 0) is 45.0 Å². The highest BCUT2D eigenvalue weighted by molar-refractivity contribution is 7.88. The summed E-state index contributed by atoms with van der Waals surface area (Å²) in [5.74, 6) is 1.40. The highest BCUT2D eigenvalue weighted by Gasteiger charge is 2.21. The predicted molar refractivity (Wildman–Crippen MR) is 126 cm³/mol. The van der Waals surface area contributed by atoms with E-state index in [1.54, 1.807) is 27.9 Å². The first-order valence-electron chi connectivity index (χ1n) is 10.4. The lowest BCUT2D eigenvalue weighted by atomic mass is 10.1. The fourth-order valence-corrected chi connectivity index (χ4v) is 3.77. The van der Waals surface area contributed by atoms with Gasteiger partial charge in [0, 0.05) is 24.1 Å². The van der Waals surface area contributed by atoms with Crippen molar-refractivity contribution in [3.63, 3.8) is 0 Å². The fourth-order valence-electron chi connectivity index (χ4n) is 3.07. The van der Waals surface area contributed by atoms with Crippen molar-refractivity contribution in [2.24, 2.45) is 0 Å². The second-order valence-corrected chi connectivity index (χ2v) is 9.75. The molecule has 9 nitrogen and oxygen atoms in total. The Labute approximate surface area is 193 Å². The van der Waals surface area contributed by atoms with Gasteiger partial charge < -0.3 is 14.5 Å². The molecule has 3 rings (SSSR count). The summed E-state index contributed by atoms with van der Waals surface area (Å²) < 4.78 is 38.8. The first-order valence-corrected chi connectivity index (χ1v) is 11.8. The summed E-state index contributed by atoms with van der Waals surface area (Å²) >= 11 is 0. The van der Waals surface area contributed by atoms with Crippen molar-refractivity contribution in [2.45, 2.75) is 32.8 Å². The third-order valence-corrected chi connectivity index (χ3v) is 5.49. The van der Waals surface area contributed by atoms with Crippen LogP contribution in [0, 0.1) is 0 Å². The van der Waals surface area contributed by atoms with Gasteiger partial charge in [0.05, 0.1) is 18.5 Å². The van der Waals surface area contributed by atoms with Crippen molar-refractivity contribution in [3.8, 4) is 28.4 Å². The summed E-state index contributed by atoms with van der Waals surface area (Å²) in [6, 6.07) is 17.1. The Balaban J connectivity index is 1.77. The van der Waals surface area contributed by atoms with Crippen molar-refractivity contribution >= 4 is 16.3 Å². The van der Waals surface area contributed by atoms with Gasteiger partial charge in [-0.25, -0.2) is 14.5 Å². The van der Waals surface area contributed by atoms with Gasteiger partial charge in [-0.15, -0.1) is 0 Å². The zero-order valence-electron chi connectivity index (χ0n) is 19.0. The van der Waals surface area contributed by atoms with Crippen LogP contribution in [0.25, 0.3) is 22.6 Å². The molecule has 1 heterocycles. The molecule has 0 fully saturated rings. The van der Waals surface area contributed by atoms with Crippen LogP contribution in [-0.4, -0.2) is 43.7 Å². The number of aromatic nitrogens is 2. The Morgan fingerprint density at radius 2 is 1.70 bits per heavy atom. The van der Waals surface area contributed by atoms with Crippen LogP contribution >= 0.6 is 0 Å². The lowest BCUT2D eigenvalue weighted by Crippen LogP contribution is -2.43. The molecular formula is C23H28N4O5S. The molecule has 0 aliphatic rings. The second-order valence-electron chi connectivity index (χ2n) is 8.25. The van der Waals surface area contributed by atoms with Crippen molar-refractivity contribution in [1.82, 2.24) is 19.4 Å². The molecule has 3 aromatic rings. The monoisotopic (exact) mass is 472 g/mol. The number of imidazole rings is 1. The molecule has 0 saturated carbocycles. The highest BCUT2D eigenvalue weighted by atomic mass is 32.2. The molecule has 0 unspecified atom stereocenters. The molecule has 176 valence electrons. The summed E-state index contributed by atoms with van der Waals surface area (Å²) in [4.78, 5) is 19.8. The maximum absolute atomic E-state index is 12.2. The summed E-state index contributed by atoms with van der Waals surface area (Å²) in [5.41, 5.74) is 2.44. The van der Waals surface area contributed by atoms with Crippen molar-refractivity contribution in [2.75, 3.05) is 13.7 Å². The summed E-state index contributed by atoms with van der Waals surface area (Å²) in [6.45, 7) is 4.97. The maximum Gasteiger partial charge on any atom is 0.422 e. The molecule has 0 aliphatic heterocycles. The number of amides is 1. The normalized spacial score (nSPS) is 11.8. The van der Waals surface area contributed by atoms with E-state index in [0.29, 0.717) is 17.9 Å². The molecule has 0 bridgehead atoms. The fraction of sp³-hybridized carbons (Fsp3) is 0.304. The van der Waals surface area contributed by atoms with E-state index in [1.807, 2.05) is 59.3 Å². The molecule has 3 N–H and O–H groups in total. The Morgan fingerprint density at radius 3 is 2.30 bits per heavy atom. The molecule has 0 atom stereocenters. The molecule has 0 spiro atoms. The number of rotatable bonds is 8. The van der Waals surface area contributed by atoms with Crippen LogP contribution in [0.2, 0.25) is 0 Å². The average Bonchev–Trinajstić information content (AvgIpc) is 3.16. The molecule has 0 radical (unpaired) electrons. The number of aromatic amines is 1. The van der Waals surface area contributed by atoms with Crippen LogP contribution in [0.5, 0.6) is 5.75 Å². The smallest absolute Gasteiger partial charge is 0.422 e. The van der Waals surface area contributed by atoms with Crippen LogP contribution in [0.3, 0.4) is 0 Å². The van der Waals surface area contributed by atoms with E-state index in [1.165, 1.54) is 0 Å². The number of hydrogen-bond acceptors (Lipinski definition) is 6. The summed E-state index contributed by atoms with van der Waals surface area (Å²) in [7, 11) is -2.49. The third kappa shape index (κ3) is 7.06. The average molecular weight is 473 g/mol. The highest BCUT2D eigenvalue weighted by Crippen LogP contribution is 2.28. The largest absolute Gasteiger partial charge is 0.497 e. The minimum atomic E-state index is -4.08. The van der Waals surface area contributed by atoms with Crippen LogP contribution < -0.4 is 14.2 Å². The van der Waals surface area contributed by atoms with Gasteiger partial charge in [-0.1, -0.05) is 30.3 Å². The van der Waals surface area contributed by atoms with E-state index in [2.05, 4.69) is 9.71 Å². The van der Waals surface area contributed by atoms with Gasteiger partial charge in [-0.3, -0.25) is 0 Å². The van der Waals surface area contributed by atoms with E-state index in [9.17, 15) is 13.2 Å². The lowest BCUT2D eigenvalue weighted by Gasteiger charge is -2.19. The minimum absolute atomic E-state index is 0.0281. The maximum atomic E-state index is 12.2. The van der Waals surface area contributed by atoms with E-state index < -0.39 is 21.9 Å². The van der Waals surface area contributed by atoms with Gasteiger partial charge in [0.2, 0.25) is 0 Å². The number of nitrogens with one attached hydrogen (secondary N) is 3. The Morgan fingerprint density at radius 1 is 1.03 bits per heavy atom. The molecular weight excluding hydrogens is 444 g/mol. The van der Waals surface area contributed by atoms with E-state index in [-0.39, 0.29) is 6.54 Å². The van der Waals surface area contributed by atoms with E-state index in [0.717, 1.165) is 22.6 Å². The first kappa shape index (κ1) is 24.3. The SMILES string of the molecule is COc1ccc(-c2[nH]c(-c3ccccc3)nc2CCNS(=O)(=O)NC(=O)OC(C)(C)C)cc1. The number of H-pyrrole nitrogens is 1. The van der Waals surface area contributed by atoms with Gasteiger partial charge in [0.15, 0.2) is 0 Å². The molecule has 2 aromatic carbocycles. The van der Waals surface area contributed by atoms with Gasteiger partial charge in [0.25, 0.3) is 0 Å². The summed E-state index contributed by atoms with van der Waals surface area (Å²) in [6.07, 6.45) is -0.750. The van der Waals surface area contributed by atoms with Gasteiger partial charge in [-0.2, -0.15) is 13.1 Å². The van der Waals surface area contributed by atoms with Crippen LogP contribution in [0.4, 0.5) is 4.79 Å². The number of carbonyl (C=O) groups excluding carboxylic acids is 1. The molecule has 0 aliphatic carbocycles. The quantitative estimate of drug-likeness (QED) is 0.460. The number of methoxy groups -OCH3 is 1. The van der Waals surface area contributed by atoms with Crippen molar-refractivity contribution in [1.29, 1.82) is 0 Å². The van der Waals surface area contributed by atoms with Gasteiger partial charge >= 0.3 is 16.3 Å². The molecule has 10 heteroatoms. The third-order valence-electron chi connectivity index (χ3n) is 4.48. The first-order chi connectivity index (χ1) is 15.6. The van der Waals surface area contributed by atoms with Gasteiger partial charge in [0.1, 0.15) is 17.2 Å². The van der Waals surface area contributed by atoms with Crippen molar-refractivity contribution in [3.05, 3.63) is 60.3 Å². The molecule has 0 saturated heterocycles. The predicted octanol–water partition coefficient (Wildman–Crippen LogP) is 3.65. The number of carbonyl (C=O) groups is 1. The van der Waals surface area contributed by atoms with Crippen LogP contribution in [0.15, 0.2) is 54.6 Å². The number of nitrogens with zero attached hydrogens (tertiary/aromatic N) is 1. The van der Waals surface area contributed by atoms with Crippen molar-refractivity contribution < 1.29 is 22.7 Å². The number of ether oxygens (including phenoxy) is 2. The lowest BCUT2D eigenvalue weighted by molar-refractivity contribution is 0.0569. The number of hydrogen-bond donors (Lipinski definition) is 3. The topological polar surface area (TPSA) is 122 Å². The molecule has 1 aromatic heterocycles. The number of benzene rings is 2. The van der Waals surface area contributed by atoms with E-state index >= 15 is 0 Å². The molecule has 33 heavy (non-hydrogen) atoms. The minimum Gasteiger partial charge on any atom is -0.497 e. The standard InChI is InChI=1S/C23H28N4O5S/c1-23(2,3)32-22(28)27-33(29,30)24-15-14-19-20(16-10-12-18(31-4)13-11-16)26-21(25-19)17-8-6-5-7-9-17/h5-13,24H,14-15H2,1-4H3,(H,25,26)(H,27,28). The zero-order chi connectivity index (χ0) is 24.1. The zero-order valence-corrected chi connectivity index (χ0v) is 19.8. The van der Waals surface area contributed by atoms with Crippen LogP contribution in [-0.2, 0) is 21.4 Å². The second kappa shape index (κ2) is 10.1. The summed E-state index contributed by atoms with van der Waals surface area (Å²) in [5, 5.41) is 0. The van der Waals surface area contributed by atoms with E-state index in [4.69, 9.17) is 14.5 Å².